The van der Waals surface area contributed by atoms with Crippen LogP contribution < -0.4 is 10.9 Å². The van der Waals surface area contributed by atoms with Gasteiger partial charge in [0.25, 0.3) is 5.56 Å². The Balaban J connectivity index is 2.86. The molecule has 2 N–H and O–H groups in total. The number of rotatable bonds is 7. The average molecular weight is 332 g/mol. The number of aryl methyl sites for hydroxylation is 1. The van der Waals surface area contributed by atoms with Gasteiger partial charge in [-0.1, -0.05) is 20.8 Å². The third kappa shape index (κ3) is 4.04. The van der Waals surface area contributed by atoms with E-state index in [-0.39, 0.29) is 5.56 Å². The number of hydrogen-bond acceptors (Lipinski definition) is 4. The molecule has 0 atom stereocenters. The summed E-state index contributed by atoms with van der Waals surface area (Å²) in [5, 5.41) is 17.4. The van der Waals surface area contributed by atoms with Gasteiger partial charge in [0.15, 0.2) is 0 Å². The van der Waals surface area contributed by atoms with E-state index < -0.39 is 5.60 Å². The zero-order valence-corrected chi connectivity index (χ0v) is 13.3. The maximum atomic E-state index is 12.0. The van der Waals surface area contributed by atoms with E-state index in [1.165, 1.54) is 4.68 Å². The number of aromatic nitrogens is 2. The molecule has 0 saturated carbocycles. The Kier molecular flexibility index (Phi) is 6.00. The van der Waals surface area contributed by atoms with Crippen LogP contribution in [-0.4, -0.2) is 27.0 Å². The number of halogens is 1. The van der Waals surface area contributed by atoms with E-state index >= 15 is 0 Å². The second kappa shape index (κ2) is 7.05. The smallest absolute Gasteiger partial charge is 0.283 e. The minimum atomic E-state index is -0.752. The van der Waals surface area contributed by atoms with Crippen LogP contribution in [0.25, 0.3) is 0 Å². The van der Waals surface area contributed by atoms with Gasteiger partial charge in [-0.2, -0.15) is 5.10 Å². The molecule has 1 rings (SSSR count). The third-order valence-corrected chi connectivity index (χ3v) is 4.11. The van der Waals surface area contributed by atoms with Crippen molar-refractivity contribution >= 4 is 21.6 Å². The number of aliphatic hydroxyl groups is 1. The normalized spacial score (nSPS) is 11.6. The molecule has 0 fully saturated rings. The molecule has 0 aliphatic rings. The van der Waals surface area contributed by atoms with Gasteiger partial charge < -0.3 is 10.4 Å². The molecule has 108 valence electrons. The monoisotopic (exact) mass is 331 g/mol. The van der Waals surface area contributed by atoms with Crippen molar-refractivity contribution in [1.82, 2.24) is 9.78 Å². The van der Waals surface area contributed by atoms with E-state index in [2.05, 4.69) is 26.3 Å². The Labute approximate surface area is 122 Å². The number of nitrogens with zero attached hydrogens (tertiary/aromatic N) is 2. The Bertz CT molecular complexity index is 469. The quantitative estimate of drug-likeness (QED) is 0.804. The lowest BCUT2D eigenvalue weighted by atomic mass is 9.97. The van der Waals surface area contributed by atoms with Crippen LogP contribution in [0.2, 0.25) is 0 Å². The lowest BCUT2D eigenvalue weighted by molar-refractivity contribution is 0.0457. The lowest BCUT2D eigenvalue weighted by Gasteiger charge is -2.26. The van der Waals surface area contributed by atoms with Crippen LogP contribution in [0, 0.1) is 0 Å². The summed E-state index contributed by atoms with van der Waals surface area (Å²) < 4.78 is 1.90. The van der Waals surface area contributed by atoms with Crippen LogP contribution in [0.1, 0.15) is 40.0 Å². The molecule has 0 unspecified atom stereocenters. The molecular formula is C13H22BrN3O2. The molecule has 0 aliphatic carbocycles. The van der Waals surface area contributed by atoms with Gasteiger partial charge in [0.2, 0.25) is 0 Å². The van der Waals surface area contributed by atoms with E-state index in [9.17, 15) is 9.90 Å². The van der Waals surface area contributed by atoms with Crippen molar-refractivity contribution in [3.63, 3.8) is 0 Å². The molecule has 1 heterocycles. The SMILES string of the molecule is CCCn1ncc(NCC(O)(CC)CC)c(Br)c1=O. The number of nitrogens with one attached hydrogen (secondary N) is 1. The van der Waals surface area contributed by atoms with Crippen LogP contribution in [-0.2, 0) is 6.54 Å². The first-order valence-electron chi connectivity index (χ1n) is 6.69. The van der Waals surface area contributed by atoms with Crippen LogP contribution >= 0.6 is 15.9 Å². The average Bonchev–Trinajstić information content (AvgIpc) is 2.43. The maximum absolute atomic E-state index is 12.0. The Morgan fingerprint density at radius 1 is 1.42 bits per heavy atom. The predicted octanol–water partition coefficient (Wildman–Crippen LogP) is 2.38. The van der Waals surface area contributed by atoms with Crippen molar-refractivity contribution in [2.75, 3.05) is 11.9 Å². The van der Waals surface area contributed by atoms with Gasteiger partial charge in [-0.25, -0.2) is 4.68 Å². The van der Waals surface area contributed by atoms with E-state index in [0.717, 1.165) is 6.42 Å². The first-order chi connectivity index (χ1) is 8.97. The van der Waals surface area contributed by atoms with E-state index in [1.54, 1.807) is 6.20 Å². The largest absolute Gasteiger partial charge is 0.388 e. The minimum absolute atomic E-state index is 0.150. The van der Waals surface area contributed by atoms with Gasteiger partial charge in [0.1, 0.15) is 4.47 Å². The highest BCUT2D eigenvalue weighted by Crippen LogP contribution is 2.20. The molecule has 19 heavy (non-hydrogen) atoms. The molecule has 5 nitrogen and oxygen atoms in total. The summed E-state index contributed by atoms with van der Waals surface area (Å²) in [6.07, 6.45) is 3.80. The van der Waals surface area contributed by atoms with E-state index in [1.807, 2.05) is 20.8 Å². The van der Waals surface area contributed by atoms with E-state index in [0.29, 0.717) is 36.1 Å². The fourth-order valence-electron chi connectivity index (χ4n) is 1.72. The summed E-state index contributed by atoms with van der Waals surface area (Å²) in [4.78, 5) is 12.0. The summed E-state index contributed by atoms with van der Waals surface area (Å²) >= 11 is 3.30. The molecule has 0 amide bonds. The van der Waals surface area contributed by atoms with Gasteiger partial charge in [0.05, 0.1) is 17.5 Å². The Hall–Kier alpha value is -0.880. The Morgan fingerprint density at radius 3 is 2.58 bits per heavy atom. The van der Waals surface area contributed by atoms with Crippen molar-refractivity contribution in [3.05, 3.63) is 21.0 Å². The summed E-state index contributed by atoms with van der Waals surface area (Å²) in [5.41, 5.74) is -0.279. The summed E-state index contributed by atoms with van der Waals surface area (Å²) in [7, 11) is 0. The highest BCUT2D eigenvalue weighted by atomic mass is 79.9. The highest BCUT2D eigenvalue weighted by molar-refractivity contribution is 9.10. The van der Waals surface area contributed by atoms with Crippen LogP contribution in [0.15, 0.2) is 15.5 Å². The summed E-state index contributed by atoms with van der Waals surface area (Å²) in [6.45, 7) is 6.88. The van der Waals surface area contributed by atoms with Gasteiger partial charge >= 0.3 is 0 Å². The number of anilines is 1. The van der Waals surface area contributed by atoms with Gasteiger partial charge in [-0.05, 0) is 35.2 Å². The zero-order valence-electron chi connectivity index (χ0n) is 11.7. The second-order valence-corrected chi connectivity index (χ2v) is 5.48. The topological polar surface area (TPSA) is 67.2 Å². The Morgan fingerprint density at radius 2 is 2.05 bits per heavy atom. The second-order valence-electron chi connectivity index (χ2n) is 4.69. The van der Waals surface area contributed by atoms with Crippen LogP contribution in [0.3, 0.4) is 0 Å². The molecular weight excluding hydrogens is 310 g/mol. The van der Waals surface area contributed by atoms with E-state index in [4.69, 9.17) is 0 Å². The highest BCUT2D eigenvalue weighted by Gasteiger charge is 2.22. The summed E-state index contributed by atoms with van der Waals surface area (Å²) in [5.74, 6) is 0. The van der Waals surface area contributed by atoms with Crippen LogP contribution in [0.4, 0.5) is 5.69 Å². The molecule has 0 saturated heterocycles. The standard InChI is InChI=1S/C13H22BrN3O2/c1-4-7-17-12(18)11(14)10(8-16-17)15-9-13(19,5-2)6-3/h8,15,19H,4-7,9H2,1-3H3. The molecule has 0 spiro atoms. The third-order valence-electron chi connectivity index (χ3n) is 3.34. The summed E-state index contributed by atoms with van der Waals surface area (Å²) in [6, 6.07) is 0. The first-order valence-corrected chi connectivity index (χ1v) is 7.48. The molecule has 0 aliphatic heterocycles. The van der Waals surface area contributed by atoms with Gasteiger partial charge in [-0.15, -0.1) is 0 Å². The zero-order chi connectivity index (χ0) is 14.5. The van der Waals surface area contributed by atoms with Crippen molar-refractivity contribution in [2.24, 2.45) is 0 Å². The minimum Gasteiger partial charge on any atom is -0.388 e. The predicted molar refractivity (Wildman–Crippen MR) is 80.5 cm³/mol. The maximum Gasteiger partial charge on any atom is 0.283 e. The van der Waals surface area contributed by atoms with Gasteiger partial charge in [-0.3, -0.25) is 4.79 Å². The lowest BCUT2D eigenvalue weighted by Crippen LogP contribution is -2.36. The fraction of sp³-hybridized carbons (Fsp3) is 0.692. The molecule has 0 bridgehead atoms. The van der Waals surface area contributed by atoms with Crippen molar-refractivity contribution in [3.8, 4) is 0 Å². The molecule has 0 radical (unpaired) electrons. The fourth-order valence-corrected chi connectivity index (χ4v) is 2.17. The van der Waals surface area contributed by atoms with Crippen molar-refractivity contribution in [2.45, 2.75) is 52.2 Å². The molecule has 6 heteroatoms. The number of hydrogen-bond donors (Lipinski definition) is 2. The molecule has 0 aromatic carbocycles. The van der Waals surface area contributed by atoms with Crippen molar-refractivity contribution in [1.29, 1.82) is 0 Å². The van der Waals surface area contributed by atoms with Gasteiger partial charge in [0, 0.05) is 13.1 Å². The van der Waals surface area contributed by atoms with Crippen LogP contribution in [0.5, 0.6) is 0 Å². The first kappa shape index (κ1) is 16.2. The van der Waals surface area contributed by atoms with Crippen molar-refractivity contribution < 1.29 is 5.11 Å². The molecule has 1 aromatic heterocycles. The molecule has 1 aromatic rings.